The zero-order valence-electron chi connectivity index (χ0n) is 20.6. The Morgan fingerprint density at radius 3 is 1.85 bits per heavy atom. The average molecular weight is 452 g/mol. The topological polar surface area (TPSA) is 123 Å². The highest BCUT2D eigenvalue weighted by molar-refractivity contribution is 6.05. The lowest BCUT2D eigenvalue weighted by Crippen LogP contribution is -2.26. The zero-order valence-corrected chi connectivity index (χ0v) is 20.6. The Morgan fingerprint density at radius 2 is 1.36 bits per heavy atom. The van der Waals surface area contributed by atoms with E-state index in [9.17, 15) is 9.59 Å². The number of benzene rings is 2. The van der Waals surface area contributed by atoms with E-state index in [-0.39, 0.29) is 28.6 Å². The molecule has 0 saturated carbocycles. The highest BCUT2D eigenvalue weighted by atomic mass is 16.2. The minimum Gasteiger partial charge on any atom is -0.370 e. The first kappa shape index (κ1) is 25.9. The molecule has 0 spiro atoms. The summed E-state index contributed by atoms with van der Waals surface area (Å²) in [6, 6.07) is 12.9. The van der Waals surface area contributed by atoms with E-state index in [1.54, 1.807) is 24.3 Å². The summed E-state index contributed by atoms with van der Waals surface area (Å²) in [5, 5.41) is 5.77. The normalized spacial score (nSPS) is 11.6. The fourth-order valence-electron chi connectivity index (χ4n) is 3.12. The van der Waals surface area contributed by atoms with Gasteiger partial charge in [0.05, 0.1) is 0 Å². The van der Waals surface area contributed by atoms with Crippen molar-refractivity contribution in [2.45, 2.75) is 58.8 Å². The summed E-state index contributed by atoms with van der Waals surface area (Å²) < 4.78 is 0. The predicted molar refractivity (Wildman–Crippen MR) is 136 cm³/mol. The molecule has 0 saturated heterocycles. The average Bonchev–Trinajstić information content (AvgIpc) is 2.72. The molecule has 0 bridgehead atoms. The Bertz CT molecular complexity index is 976. The number of nitrogens with zero attached hydrogens (tertiary/aromatic N) is 1. The number of amides is 2. The van der Waals surface area contributed by atoms with E-state index >= 15 is 0 Å². The predicted octanol–water partition coefficient (Wildman–Crippen LogP) is 3.93. The van der Waals surface area contributed by atoms with E-state index in [4.69, 9.17) is 11.5 Å². The summed E-state index contributed by atoms with van der Waals surface area (Å²) in [5.41, 5.74) is 14.4. The lowest BCUT2D eigenvalue weighted by molar-refractivity contribution is 0.0953. The molecular formula is C26H37N5O2. The third-order valence-electron chi connectivity index (χ3n) is 5.25. The van der Waals surface area contributed by atoms with E-state index in [1.807, 2.05) is 12.1 Å². The second-order valence-corrected chi connectivity index (χ2v) is 10.2. The minimum atomic E-state index is -0.190. The molecule has 6 N–H and O–H groups in total. The number of carbonyl (C=O) groups is 2. The molecule has 0 fully saturated rings. The van der Waals surface area contributed by atoms with Crippen molar-refractivity contribution >= 4 is 23.5 Å². The van der Waals surface area contributed by atoms with E-state index in [1.165, 1.54) is 0 Å². The van der Waals surface area contributed by atoms with Gasteiger partial charge >= 0.3 is 0 Å². The Hall–Kier alpha value is -3.35. The summed E-state index contributed by atoms with van der Waals surface area (Å²) >= 11 is 0. The highest BCUT2D eigenvalue weighted by Crippen LogP contribution is 2.30. The molecule has 33 heavy (non-hydrogen) atoms. The van der Waals surface area contributed by atoms with Crippen LogP contribution in [-0.4, -0.2) is 30.9 Å². The molecular weight excluding hydrogens is 414 g/mol. The van der Waals surface area contributed by atoms with Gasteiger partial charge in [-0.05, 0) is 64.8 Å². The van der Waals surface area contributed by atoms with Crippen molar-refractivity contribution in [1.82, 2.24) is 5.32 Å². The smallest absolute Gasteiger partial charge is 0.255 e. The maximum atomic E-state index is 13.0. The fourth-order valence-corrected chi connectivity index (χ4v) is 3.12. The lowest BCUT2D eigenvalue weighted by Gasteiger charge is -2.26. The van der Waals surface area contributed by atoms with Gasteiger partial charge in [-0.1, -0.05) is 47.6 Å². The van der Waals surface area contributed by atoms with Crippen LogP contribution >= 0.6 is 0 Å². The van der Waals surface area contributed by atoms with Crippen molar-refractivity contribution in [2.24, 2.45) is 16.5 Å². The standard InChI is InChI=1S/C26H37N5O2/c1-25(2,3)19-14-18(15-20(16-19)26(4,5)6)23(33)31-21-10-8-17(9-11-21)22(32)29-12-7-13-30-24(27)28/h8-11,14-16H,7,12-13H2,1-6H3,(H,29,32)(H,31,33)(H4,27,28,30). The van der Waals surface area contributed by atoms with Crippen molar-refractivity contribution < 1.29 is 9.59 Å². The molecule has 178 valence electrons. The number of carbonyl (C=O) groups excluding carboxylic acids is 2. The van der Waals surface area contributed by atoms with Gasteiger partial charge in [0.2, 0.25) is 0 Å². The van der Waals surface area contributed by atoms with E-state index < -0.39 is 0 Å². The number of hydrogen-bond donors (Lipinski definition) is 4. The van der Waals surface area contributed by atoms with Crippen LogP contribution in [0.4, 0.5) is 5.69 Å². The Labute approximate surface area is 197 Å². The molecule has 2 aromatic rings. The first-order valence-corrected chi connectivity index (χ1v) is 11.2. The largest absolute Gasteiger partial charge is 0.370 e. The molecule has 7 heteroatoms. The number of aliphatic imine (C=N–C) groups is 1. The number of nitrogens with two attached hydrogens (primary N) is 2. The molecule has 0 aliphatic rings. The van der Waals surface area contributed by atoms with Gasteiger partial charge in [0.25, 0.3) is 11.8 Å². The molecule has 7 nitrogen and oxygen atoms in total. The second-order valence-electron chi connectivity index (χ2n) is 10.2. The maximum Gasteiger partial charge on any atom is 0.255 e. The maximum absolute atomic E-state index is 13.0. The highest BCUT2D eigenvalue weighted by Gasteiger charge is 2.22. The SMILES string of the molecule is CC(C)(C)c1cc(C(=O)Nc2ccc(C(=O)NCCCN=C(N)N)cc2)cc(C(C)(C)C)c1. The van der Waals surface area contributed by atoms with E-state index in [0.29, 0.717) is 36.3 Å². The van der Waals surface area contributed by atoms with Gasteiger partial charge in [-0.15, -0.1) is 0 Å². The van der Waals surface area contributed by atoms with Gasteiger partial charge in [0.1, 0.15) is 0 Å². The Balaban J connectivity index is 2.08. The molecule has 2 aromatic carbocycles. The molecule has 2 amide bonds. The van der Waals surface area contributed by atoms with E-state index in [2.05, 4.69) is 63.2 Å². The van der Waals surface area contributed by atoms with Crippen LogP contribution in [0.3, 0.4) is 0 Å². The first-order chi connectivity index (χ1) is 15.3. The van der Waals surface area contributed by atoms with Crippen LogP contribution in [0.2, 0.25) is 0 Å². The summed E-state index contributed by atoms with van der Waals surface area (Å²) in [7, 11) is 0. The van der Waals surface area contributed by atoms with Crippen LogP contribution in [0, 0.1) is 0 Å². The number of guanidine groups is 1. The molecule has 0 aromatic heterocycles. The summed E-state index contributed by atoms with van der Waals surface area (Å²) in [6.07, 6.45) is 0.641. The van der Waals surface area contributed by atoms with Gasteiger partial charge in [0, 0.05) is 29.9 Å². The summed E-state index contributed by atoms with van der Waals surface area (Å²) in [6.45, 7) is 13.8. The number of anilines is 1. The number of hydrogen-bond acceptors (Lipinski definition) is 3. The molecule has 0 atom stereocenters. The molecule has 2 rings (SSSR count). The van der Waals surface area contributed by atoms with Gasteiger partial charge in [-0.2, -0.15) is 0 Å². The number of rotatable bonds is 7. The quantitative estimate of drug-likeness (QED) is 0.289. The van der Waals surface area contributed by atoms with E-state index in [0.717, 1.165) is 11.1 Å². The fraction of sp³-hybridized carbons (Fsp3) is 0.423. The minimum absolute atomic E-state index is 0.0405. The van der Waals surface area contributed by atoms with Crippen LogP contribution in [0.25, 0.3) is 0 Å². The molecule has 0 heterocycles. The van der Waals surface area contributed by atoms with Crippen LogP contribution in [0.15, 0.2) is 47.5 Å². The molecule has 0 aliphatic carbocycles. The van der Waals surface area contributed by atoms with Crippen molar-refractivity contribution in [3.8, 4) is 0 Å². The monoisotopic (exact) mass is 451 g/mol. The second kappa shape index (κ2) is 10.5. The van der Waals surface area contributed by atoms with Crippen LogP contribution < -0.4 is 22.1 Å². The molecule has 0 unspecified atom stereocenters. The third-order valence-corrected chi connectivity index (χ3v) is 5.25. The summed E-state index contributed by atoms with van der Waals surface area (Å²) in [5.74, 6) is -0.326. The van der Waals surface area contributed by atoms with Gasteiger partial charge in [0.15, 0.2) is 5.96 Å². The molecule has 0 radical (unpaired) electrons. The first-order valence-electron chi connectivity index (χ1n) is 11.2. The van der Waals surface area contributed by atoms with Crippen LogP contribution in [0.1, 0.15) is 79.8 Å². The van der Waals surface area contributed by atoms with Gasteiger partial charge in [-0.3, -0.25) is 14.6 Å². The van der Waals surface area contributed by atoms with Crippen molar-refractivity contribution in [1.29, 1.82) is 0 Å². The summed E-state index contributed by atoms with van der Waals surface area (Å²) in [4.78, 5) is 29.2. The Kier molecular flexibility index (Phi) is 8.25. The van der Waals surface area contributed by atoms with Crippen molar-refractivity contribution in [3.63, 3.8) is 0 Å². The lowest BCUT2D eigenvalue weighted by atomic mass is 9.79. The number of nitrogens with one attached hydrogen (secondary N) is 2. The van der Waals surface area contributed by atoms with Crippen LogP contribution in [0.5, 0.6) is 0 Å². The zero-order chi connectivity index (χ0) is 24.8. The van der Waals surface area contributed by atoms with Gasteiger partial charge < -0.3 is 22.1 Å². The van der Waals surface area contributed by atoms with Gasteiger partial charge in [-0.25, -0.2) is 0 Å². The third kappa shape index (κ3) is 7.93. The Morgan fingerprint density at radius 1 is 0.818 bits per heavy atom. The van der Waals surface area contributed by atoms with Crippen molar-refractivity contribution in [3.05, 3.63) is 64.7 Å². The van der Waals surface area contributed by atoms with Crippen LogP contribution in [-0.2, 0) is 10.8 Å². The van der Waals surface area contributed by atoms with Crippen molar-refractivity contribution in [2.75, 3.05) is 18.4 Å². The molecule has 0 aliphatic heterocycles.